The Bertz CT molecular complexity index is 1070. The largest absolute Gasteiger partial charge is 0.465 e. The summed E-state index contributed by atoms with van der Waals surface area (Å²) in [5.74, 6) is -0.158. The molecule has 0 atom stereocenters. The second-order valence-electron chi connectivity index (χ2n) is 8.40. The molecule has 1 heterocycles. The predicted molar refractivity (Wildman–Crippen MR) is 121 cm³/mol. The maximum Gasteiger partial charge on any atom is 0.407 e. The molecule has 8 nitrogen and oxygen atoms in total. The Morgan fingerprint density at radius 1 is 1.10 bits per heavy atom. The van der Waals surface area contributed by atoms with Crippen LogP contribution in [0.1, 0.15) is 39.2 Å². The molecule has 2 amide bonds. The summed E-state index contributed by atoms with van der Waals surface area (Å²) in [4.78, 5) is 29.4. The van der Waals surface area contributed by atoms with E-state index in [4.69, 9.17) is 4.42 Å². The van der Waals surface area contributed by atoms with Crippen LogP contribution in [0.3, 0.4) is 0 Å². The number of fused-ring (bicyclic) bond motifs is 1. The summed E-state index contributed by atoms with van der Waals surface area (Å²) >= 11 is 0. The number of nitrogens with one attached hydrogen (secondary N) is 2. The minimum Gasteiger partial charge on any atom is -0.465 e. The van der Waals surface area contributed by atoms with Crippen molar-refractivity contribution in [1.29, 1.82) is 0 Å². The number of benzene rings is 2. The Morgan fingerprint density at radius 2 is 1.77 bits per heavy atom. The van der Waals surface area contributed by atoms with Crippen molar-refractivity contribution >= 4 is 40.5 Å². The topological polar surface area (TPSA) is 108 Å². The molecule has 0 saturated heterocycles. The zero-order chi connectivity index (χ0) is 22.6. The lowest BCUT2D eigenvalue weighted by molar-refractivity contribution is -0.116. The molecule has 0 spiro atoms. The summed E-state index contributed by atoms with van der Waals surface area (Å²) in [6.07, 6.45) is -0.293. The Labute approximate surface area is 181 Å². The number of aromatic nitrogens is 1. The highest BCUT2D eigenvalue weighted by Gasteiger charge is 2.25. The van der Waals surface area contributed by atoms with Gasteiger partial charge in [-0.2, -0.15) is 4.98 Å². The predicted octanol–water partition coefficient (Wildman–Crippen LogP) is 5.38. The molecule has 8 heteroatoms. The van der Waals surface area contributed by atoms with E-state index in [1.54, 1.807) is 12.1 Å². The molecule has 2 aromatic carbocycles. The fourth-order valence-corrected chi connectivity index (χ4v) is 3.24. The first-order valence-corrected chi connectivity index (χ1v) is 10.2. The molecule has 0 aliphatic rings. The van der Waals surface area contributed by atoms with E-state index < -0.39 is 11.6 Å². The van der Waals surface area contributed by atoms with Crippen molar-refractivity contribution in [1.82, 2.24) is 9.88 Å². The Hall–Kier alpha value is -3.55. The van der Waals surface area contributed by atoms with Gasteiger partial charge in [-0.25, -0.2) is 4.79 Å². The number of carboxylic acid groups (broad SMARTS) is 1. The van der Waals surface area contributed by atoms with Crippen molar-refractivity contribution in [2.75, 3.05) is 17.2 Å². The number of nitrogens with zero attached hydrogens (tertiary/aromatic N) is 2. The number of carbonyl (C=O) groups is 2. The first-order valence-electron chi connectivity index (χ1n) is 10.2. The first-order chi connectivity index (χ1) is 14.6. The summed E-state index contributed by atoms with van der Waals surface area (Å²) in [7, 11) is 0. The summed E-state index contributed by atoms with van der Waals surface area (Å²) in [5, 5.41) is 15.3. The van der Waals surface area contributed by atoms with Crippen molar-refractivity contribution in [2.24, 2.45) is 0 Å². The molecule has 0 fully saturated rings. The molecule has 0 unspecified atom stereocenters. The standard InChI is InChI=1S/C23H28N4O4/c1-15-7-5-8-18-20(15)26-21(31-18)25-17-12-10-16(11-13-17)24-19(28)9-6-14-27(22(29)30)23(2,3)4/h5,7-8,10-13H,6,9,14H2,1-4H3,(H,24,28)(H,25,26)(H,29,30). The van der Waals surface area contributed by atoms with Crippen LogP contribution in [0, 0.1) is 6.92 Å². The normalized spacial score (nSPS) is 11.4. The molecule has 1 aromatic heterocycles. The second-order valence-corrected chi connectivity index (χ2v) is 8.40. The quantitative estimate of drug-likeness (QED) is 0.470. The zero-order valence-electron chi connectivity index (χ0n) is 18.2. The van der Waals surface area contributed by atoms with Gasteiger partial charge in [0.25, 0.3) is 6.01 Å². The highest BCUT2D eigenvalue weighted by atomic mass is 16.4. The van der Waals surface area contributed by atoms with Crippen molar-refractivity contribution in [2.45, 2.75) is 46.1 Å². The molecular formula is C23H28N4O4. The van der Waals surface area contributed by atoms with E-state index in [2.05, 4.69) is 15.6 Å². The molecule has 0 aliphatic carbocycles. The van der Waals surface area contributed by atoms with E-state index in [9.17, 15) is 14.7 Å². The molecular weight excluding hydrogens is 396 g/mol. The number of hydrogen-bond donors (Lipinski definition) is 3. The van der Waals surface area contributed by atoms with Gasteiger partial charge in [0, 0.05) is 29.9 Å². The van der Waals surface area contributed by atoms with Gasteiger partial charge < -0.3 is 25.1 Å². The van der Waals surface area contributed by atoms with Crippen LogP contribution in [0.2, 0.25) is 0 Å². The van der Waals surface area contributed by atoms with E-state index in [-0.39, 0.29) is 12.3 Å². The third-order valence-electron chi connectivity index (χ3n) is 4.87. The molecule has 0 saturated carbocycles. The first kappa shape index (κ1) is 22.1. The van der Waals surface area contributed by atoms with Gasteiger partial charge in [0.05, 0.1) is 0 Å². The van der Waals surface area contributed by atoms with Gasteiger partial charge in [0.2, 0.25) is 5.91 Å². The van der Waals surface area contributed by atoms with Gasteiger partial charge in [-0.05, 0) is 70.0 Å². The molecule has 3 N–H and O–H groups in total. The lowest BCUT2D eigenvalue weighted by Crippen LogP contribution is -2.45. The molecule has 0 aliphatic heterocycles. The summed E-state index contributed by atoms with van der Waals surface area (Å²) < 4.78 is 5.71. The van der Waals surface area contributed by atoms with Crippen molar-refractivity contribution in [3.63, 3.8) is 0 Å². The fourth-order valence-electron chi connectivity index (χ4n) is 3.24. The van der Waals surface area contributed by atoms with Gasteiger partial charge >= 0.3 is 6.09 Å². The Kier molecular flexibility index (Phi) is 6.48. The van der Waals surface area contributed by atoms with Gasteiger partial charge in [-0.1, -0.05) is 12.1 Å². The smallest absolute Gasteiger partial charge is 0.407 e. The van der Waals surface area contributed by atoms with Crippen LogP contribution in [0.15, 0.2) is 46.9 Å². The van der Waals surface area contributed by atoms with Gasteiger partial charge in [0.15, 0.2) is 5.58 Å². The molecule has 3 rings (SSSR count). The van der Waals surface area contributed by atoms with E-state index >= 15 is 0 Å². The van der Waals surface area contributed by atoms with Crippen LogP contribution in [-0.4, -0.2) is 39.1 Å². The zero-order valence-corrected chi connectivity index (χ0v) is 18.2. The average molecular weight is 425 g/mol. The van der Waals surface area contributed by atoms with Gasteiger partial charge in [0.1, 0.15) is 5.52 Å². The molecule has 31 heavy (non-hydrogen) atoms. The minimum absolute atomic E-state index is 0.158. The summed E-state index contributed by atoms with van der Waals surface area (Å²) in [5.41, 5.74) is 3.53. The Morgan fingerprint density at radius 3 is 2.39 bits per heavy atom. The van der Waals surface area contributed by atoms with Crippen molar-refractivity contribution in [3.05, 3.63) is 48.0 Å². The van der Waals surface area contributed by atoms with Crippen LogP contribution in [0.5, 0.6) is 0 Å². The van der Waals surface area contributed by atoms with Crippen LogP contribution in [-0.2, 0) is 4.79 Å². The third-order valence-corrected chi connectivity index (χ3v) is 4.87. The molecule has 0 bridgehead atoms. The van der Waals surface area contributed by atoms with Crippen LogP contribution >= 0.6 is 0 Å². The third kappa shape index (κ3) is 5.75. The van der Waals surface area contributed by atoms with Crippen LogP contribution in [0.4, 0.5) is 22.2 Å². The number of oxazole rings is 1. The minimum atomic E-state index is -0.981. The van der Waals surface area contributed by atoms with E-state index in [0.717, 1.165) is 22.4 Å². The summed E-state index contributed by atoms with van der Waals surface area (Å²) in [6.45, 7) is 7.78. The lowest BCUT2D eigenvalue weighted by Gasteiger charge is -2.33. The summed E-state index contributed by atoms with van der Waals surface area (Å²) in [6, 6.07) is 13.4. The maximum atomic E-state index is 12.2. The van der Waals surface area contributed by atoms with Crippen LogP contribution < -0.4 is 10.6 Å². The highest BCUT2D eigenvalue weighted by Crippen LogP contribution is 2.25. The fraction of sp³-hybridized carbons (Fsp3) is 0.348. The number of carbonyl (C=O) groups excluding carboxylic acids is 1. The SMILES string of the molecule is Cc1cccc2oc(Nc3ccc(NC(=O)CCCN(C(=O)O)C(C)(C)C)cc3)nc12. The van der Waals surface area contributed by atoms with E-state index in [1.807, 2.05) is 58.0 Å². The van der Waals surface area contributed by atoms with Gasteiger partial charge in [-0.3, -0.25) is 4.79 Å². The number of hydrogen-bond acceptors (Lipinski definition) is 5. The Balaban J connectivity index is 1.52. The number of anilines is 3. The molecule has 164 valence electrons. The van der Waals surface area contributed by atoms with E-state index in [1.165, 1.54) is 4.90 Å². The number of amides is 2. The molecule has 0 radical (unpaired) electrons. The lowest BCUT2D eigenvalue weighted by atomic mass is 10.1. The van der Waals surface area contributed by atoms with Gasteiger partial charge in [-0.15, -0.1) is 0 Å². The van der Waals surface area contributed by atoms with Crippen molar-refractivity contribution < 1.29 is 19.1 Å². The van der Waals surface area contributed by atoms with E-state index in [0.29, 0.717) is 24.7 Å². The van der Waals surface area contributed by atoms with Crippen LogP contribution in [0.25, 0.3) is 11.1 Å². The number of aryl methyl sites for hydroxylation is 1. The number of rotatable bonds is 7. The number of para-hydroxylation sites is 1. The monoisotopic (exact) mass is 424 g/mol. The highest BCUT2D eigenvalue weighted by molar-refractivity contribution is 5.91. The average Bonchev–Trinajstić information content (AvgIpc) is 3.09. The van der Waals surface area contributed by atoms with Crippen molar-refractivity contribution in [3.8, 4) is 0 Å². The second kappa shape index (κ2) is 9.07. The molecule has 3 aromatic rings. The maximum absolute atomic E-state index is 12.2.